The molecule has 2 atom stereocenters. The fourth-order valence-corrected chi connectivity index (χ4v) is 3.86. The van der Waals surface area contributed by atoms with Crippen LogP contribution < -0.4 is 5.32 Å². The summed E-state index contributed by atoms with van der Waals surface area (Å²) in [5, 5.41) is 13.3. The summed E-state index contributed by atoms with van der Waals surface area (Å²) in [6, 6.07) is 3.65. The van der Waals surface area contributed by atoms with Crippen LogP contribution in [0.3, 0.4) is 0 Å². The van der Waals surface area contributed by atoms with Crippen molar-refractivity contribution in [3.05, 3.63) is 34.6 Å². The Morgan fingerprint density at radius 3 is 2.74 bits per heavy atom. The molecule has 0 aromatic heterocycles. The molecular formula is C18H21ClFN3O4. The maximum atomic E-state index is 13.4. The van der Waals surface area contributed by atoms with E-state index < -0.39 is 23.2 Å². The van der Waals surface area contributed by atoms with Crippen LogP contribution in [-0.4, -0.2) is 63.9 Å². The number of aliphatic hydroxyl groups is 1. The monoisotopic (exact) mass is 397 g/mol. The number of nitrogens with zero attached hydrogens (tertiary/aromatic N) is 2. The number of benzene rings is 1. The van der Waals surface area contributed by atoms with Crippen LogP contribution in [-0.2, 0) is 20.9 Å². The van der Waals surface area contributed by atoms with Crippen molar-refractivity contribution in [2.24, 2.45) is 0 Å². The molecule has 1 unspecified atom stereocenters. The van der Waals surface area contributed by atoms with E-state index in [1.807, 2.05) is 0 Å². The van der Waals surface area contributed by atoms with Crippen molar-refractivity contribution in [2.75, 3.05) is 19.6 Å². The second kappa shape index (κ2) is 7.44. The van der Waals surface area contributed by atoms with Crippen molar-refractivity contribution < 1.29 is 23.9 Å². The smallest absolute Gasteiger partial charge is 0.264 e. The third kappa shape index (κ3) is 3.91. The first kappa shape index (κ1) is 19.6. The highest BCUT2D eigenvalue weighted by Gasteiger charge is 2.53. The number of likely N-dealkylation sites (tertiary alicyclic amines) is 2. The number of amides is 3. The summed E-state index contributed by atoms with van der Waals surface area (Å²) < 4.78 is 13.4. The Morgan fingerprint density at radius 2 is 2.11 bits per heavy atom. The Balaban J connectivity index is 1.63. The highest BCUT2D eigenvalue weighted by Crippen LogP contribution is 2.28. The SMILES string of the molecule is CC(=O)N1CCC(N2CC[C@@](O)(C(=O)NCc3cc(F)cc(Cl)c3)C2=O)C1. The van der Waals surface area contributed by atoms with Crippen LogP contribution in [0.15, 0.2) is 18.2 Å². The Hall–Kier alpha value is -2.19. The predicted octanol–water partition coefficient (Wildman–Crippen LogP) is 0.679. The number of rotatable bonds is 4. The van der Waals surface area contributed by atoms with Crippen LogP contribution in [0.2, 0.25) is 5.02 Å². The van der Waals surface area contributed by atoms with Gasteiger partial charge >= 0.3 is 0 Å². The van der Waals surface area contributed by atoms with E-state index in [1.165, 1.54) is 24.0 Å². The van der Waals surface area contributed by atoms with E-state index >= 15 is 0 Å². The molecule has 7 nitrogen and oxygen atoms in total. The molecule has 2 aliphatic heterocycles. The first-order valence-electron chi connectivity index (χ1n) is 8.73. The summed E-state index contributed by atoms with van der Waals surface area (Å²) in [4.78, 5) is 39.7. The Kier molecular flexibility index (Phi) is 5.39. The minimum atomic E-state index is -2.15. The molecule has 0 aliphatic carbocycles. The number of halogens is 2. The normalized spacial score (nSPS) is 25.2. The number of carbonyl (C=O) groups is 3. The molecule has 1 aromatic rings. The number of nitrogens with one attached hydrogen (secondary N) is 1. The van der Waals surface area contributed by atoms with Crippen LogP contribution in [0.25, 0.3) is 0 Å². The first-order valence-corrected chi connectivity index (χ1v) is 9.11. The Morgan fingerprint density at radius 1 is 1.37 bits per heavy atom. The Bertz CT molecular complexity index is 770. The zero-order valence-electron chi connectivity index (χ0n) is 14.9. The van der Waals surface area contributed by atoms with Gasteiger partial charge in [-0.1, -0.05) is 11.6 Å². The molecule has 2 aliphatic rings. The second-order valence-corrected chi connectivity index (χ2v) is 7.41. The predicted molar refractivity (Wildman–Crippen MR) is 95.2 cm³/mol. The van der Waals surface area contributed by atoms with Gasteiger partial charge < -0.3 is 20.2 Å². The number of hydrogen-bond donors (Lipinski definition) is 2. The van der Waals surface area contributed by atoms with Crippen molar-refractivity contribution in [1.82, 2.24) is 15.1 Å². The van der Waals surface area contributed by atoms with Crippen molar-refractivity contribution in [2.45, 2.75) is 38.0 Å². The maximum Gasteiger partial charge on any atom is 0.264 e. The van der Waals surface area contributed by atoms with Crippen LogP contribution in [0, 0.1) is 5.82 Å². The fraction of sp³-hybridized carbons (Fsp3) is 0.500. The average molecular weight is 398 g/mol. The van der Waals surface area contributed by atoms with Gasteiger partial charge in [-0.15, -0.1) is 0 Å². The van der Waals surface area contributed by atoms with Gasteiger partial charge in [-0.25, -0.2) is 4.39 Å². The number of hydrogen-bond acceptors (Lipinski definition) is 4. The lowest BCUT2D eigenvalue weighted by molar-refractivity contribution is -0.155. The van der Waals surface area contributed by atoms with E-state index in [1.54, 1.807) is 4.90 Å². The standard InChI is InChI=1S/C18H21ClFN3O4/c1-11(24)22-4-2-15(10-22)23-5-3-18(27,17(23)26)16(25)21-9-12-6-13(19)8-14(20)7-12/h6-8,15,27H,2-5,9-10H2,1H3,(H,21,25)/t15?,18-/m1/s1. The van der Waals surface area contributed by atoms with Gasteiger partial charge in [-0.2, -0.15) is 0 Å². The zero-order valence-corrected chi connectivity index (χ0v) is 15.6. The van der Waals surface area contributed by atoms with Gasteiger partial charge in [0.15, 0.2) is 0 Å². The third-order valence-corrected chi connectivity index (χ3v) is 5.35. The quantitative estimate of drug-likeness (QED) is 0.731. The molecule has 146 valence electrons. The molecule has 2 saturated heterocycles. The van der Waals surface area contributed by atoms with E-state index in [2.05, 4.69) is 5.32 Å². The molecule has 0 saturated carbocycles. The molecular weight excluding hydrogens is 377 g/mol. The molecule has 0 bridgehead atoms. The largest absolute Gasteiger partial charge is 0.372 e. The van der Waals surface area contributed by atoms with Gasteiger partial charge in [0.05, 0.1) is 6.04 Å². The minimum absolute atomic E-state index is 0.0296. The molecule has 0 radical (unpaired) electrons. The van der Waals surface area contributed by atoms with E-state index in [0.29, 0.717) is 25.1 Å². The molecule has 1 aromatic carbocycles. The van der Waals surface area contributed by atoms with Crippen molar-refractivity contribution in [3.8, 4) is 0 Å². The molecule has 2 N–H and O–H groups in total. The van der Waals surface area contributed by atoms with E-state index in [4.69, 9.17) is 11.6 Å². The summed E-state index contributed by atoms with van der Waals surface area (Å²) >= 11 is 5.78. The lowest BCUT2D eigenvalue weighted by Crippen LogP contribution is -2.53. The first-order chi connectivity index (χ1) is 12.7. The maximum absolute atomic E-state index is 13.4. The Labute approximate surface area is 161 Å². The molecule has 9 heteroatoms. The van der Waals surface area contributed by atoms with Gasteiger partial charge in [0.2, 0.25) is 11.5 Å². The molecule has 2 heterocycles. The van der Waals surface area contributed by atoms with Crippen LogP contribution >= 0.6 is 11.6 Å². The van der Waals surface area contributed by atoms with Gasteiger partial charge in [0.25, 0.3) is 11.8 Å². The van der Waals surface area contributed by atoms with E-state index in [-0.39, 0.29) is 36.5 Å². The summed E-state index contributed by atoms with van der Waals surface area (Å²) in [6.45, 7) is 2.60. The highest BCUT2D eigenvalue weighted by molar-refractivity contribution is 6.30. The summed E-state index contributed by atoms with van der Waals surface area (Å²) in [6.07, 6.45) is 0.586. The summed E-state index contributed by atoms with van der Waals surface area (Å²) in [5.41, 5.74) is -1.73. The van der Waals surface area contributed by atoms with Gasteiger partial charge in [0.1, 0.15) is 5.82 Å². The van der Waals surface area contributed by atoms with E-state index in [0.717, 1.165) is 6.07 Å². The topological polar surface area (TPSA) is 89.9 Å². The molecule has 2 fully saturated rings. The molecule has 3 amide bonds. The van der Waals surface area contributed by atoms with E-state index in [9.17, 15) is 23.9 Å². The highest BCUT2D eigenvalue weighted by atomic mass is 35.5. The molecule has 27 heavy (non-hydrogen) atoms. The van der Waals surface area contributed by atoms with Gasteiger partial charge in [-0.05, 0) is 30.2 Å². The van der Waals surface area contributed by atoms with Crippen LogP contribution in [0.4, 0.5) is 4.39 Å². The van der Waals surface area contributed by atoms with Crippen molar-refractivity contribution in [1.29, 1.82) is 0 Å². The second-order valence-electron chi connectivity index (χ2n) is 6.98. The molecule has 3 rings (SSSR count). The van der Waals surface area contributed by atoms with Crippen molar-refractivity contribution in [3.63, 3.8) is 0 Å². The lowest BCUT2D eigenvalue weighted by atomic mass is 10.0. The number of carbonyl (C=O) groups excluding carboxylic acids is 3. The van der Waals surface area contributed by atoms with Crippen LogP contribution in [0.5, 0.6) is 0 Å². The minimum Gasteiger partial charge on any atom is -0.372 e. The molecule has 0 spiro atoms. The zero-order chi connectivity index (χ0) is 19.8. The summed E-state index contributed by atoms with van der Waals surface area (Å²) in [5.74, 6) is -2.08. The fourth-order valence-electron chi connectivity index (χ4n) is 3.61. The third-order valence-electron chi connectivity index (χ3n) is 5.13. The lowest BCUT2D eigenvalue weighted by Gasteiger charge is -2.26. The van der Waals surface area contributed by atoms with Crippen molar-refractivity contribution >= 4 is 29.3 Å². The van der Waals surface area contributed by atoms with Gasteiger partial charge in [0, 0.05) is 44.5 Å². The van der Waals surface area contributed by atoms with Gasteiger partial charge in [-0.3, -0.25) is 14.4 Å². The average Bonchev–Trinajstić information content (AvgIpc) is 3.18. The summed E-state index contributed by atoms with van der Waals surface area (Å²) in [7, 11) is 0. The van der Waals surface area contributed by atoms with Crippen LogP contribution in [0.1, 0.15) is 25.3 Å².